The van der Waals surface area contributed by atoms with Crippen LogP contribution >= 0.6 is 0 Å². The first-order chi connectivity index (χ1) is 17.7. The standard InChI is InChI=1S/C28H36N4O5/c1-28(2,3)37-26(34)30-18-24-25(33)29-16-9-5-8-15-23(21-13-10-14-22(17-21)31-24)32-27(35)36-19-20-11-6-4-7-12-20/h4-8,10-14,17,23-24,31H,9,15-16,18-19H2,1-3H3,(H,29,33)(H,30,34)(H,32,35)/b8-5+/t23?,24-/m1/s1. The van der Waals surface area contributed by atoms with Crippen molar-refractivity contribution in [1.29, 1.82) is 0 Å². The van der Waals surface area contributed by atoms with Crippen LogP contribution in [0.1, 0.15) is 50.8 Å². The minimum absolute atomic E-state index is 0.0360. The Hall–Kier alpha value is -4.01. The highest BCUT2D eigenvalue weighted by atomic mass is 16.6. The maximum absolute atomic E-state index is 12.8. The molecule has 37 heavy (non-hydrogen) atoms. The lowest BCUT2D eigenvalue weighted by Gasteiger charge is -2.23. The van der Waals surface area contributed by atoms with Crippen molar-refractivity contribution >= 4 is 23.8 Å². The van der Waals surface area contributed by atoms with Gasteiger partial charge in [-0.1, -0.05) is 54.6 Å². The first-order valence-corrected chi connectivity index (χ1v) is 12.4. The van der Waals surface area contributed by atoms with Crippen LogP contribution in [0.2, 0.25) is 0 Å². The predicted octanol–water partition coefficient (Wildman–Crippen LogP) is 4.43. The van der Waals surface area contributed by atoms with E-state index in [1.54, 1.807) is 20.8 Å². The normalized spacial score (nSPS) is 18.9. The van der Waals surface area contributed by atoms with Crippen LogP contribution in [0.4, 0.5) is 15.3 Å². The van der Waals surface area contributed by atoms with Gasteiger partial charge in [0.1, 0.15) is 18.2 Å². The van der Waals surface area contributed by atoms with Gasteiger partial charge in [0.05, 0.1) is 12.6 Å². The molecule has 3 amide bonds. The maximum atomic E-state index is 12.8. The van der Waals surface area contributed by atoms with Crippen molar-refractivity contribution in [3.8, 4) is 0 Å². The van der Waals surface area contributed by atoms with E-state index in [2.05, 4.69) is 21.3 Å². The Morgan fingerprint density at radius 2 is 1.81 bits per heavy atom. The van der Waals surface area contributed by atoms with Gasteiger partial charge in [0.25, 0.3) is 0 Å². The summed E-state index contributed by atoms with van der Waals surface area (Å²) in [5.41, 5.74) is 1.79. The van der Waals surface area contributed by atoms with E-state index in [1.807, 2.05) is 66.7 Å². The number of benzene rings is 2. The summed E-state index contributed by atoms with van der Waals surface area (Å²) in [6.45, 7) is 5.98. The number of anilines is 1. The SMILES string of the molecule is CC(C)(C)OC(=O)NC[C@H]1Nc2cccc(c2)C(NC(=O)OCc2ccccc2)C/C=C/CCNC1=O. The molecule has 0 fully saturated rings. The Kier molecular flexibility index (Phi) is 9.94. The Morgan fingerprint density at radius 3 is 2.57 bits per heavy atom. The van der Waals surface area contributed by atoms with Gasteiger partial charge in [-0.05, 0) is 56.9 Å². The molecule has 0 saturated heterocycles. The number of hydrogen-bond acceptors (Lipinski definition) is 6. The third kappa shape index (κ3) is 9.87. The lowest BCUT2D eigenvalue weighted by molar-refractivity contribution is -0.121. The second-order valence-corrected chi connectivity index (χ2v) is 9.75. The quantitative estimate of drug-likeness (QED) is 0.444. The van der Waals surface area contributed by atoms with Gasteiger partial charge in [-0.3, -0.25) is 4.79 Å². The van der Waals surface area contributed by atoms with Crippen molar-refractivity contribution in [3.05, 3.63) is 77.9 Å². The predicted molar refractivity (Wildman–Crippen MR) is 142 cm³/mol. The molecule has 1 heterocycles. The van der Waals surface area contributed by atoms with E-state index in [0.29, 0.717) is 25.1 Å². The Bertz CT molecular complexity index is 1080. The molecule has 2 aromatic rings. The molecule has 1 unspecified atom stereocenters. The van der Waals surface area contributed by atoms with E-state index in [-0.39, 0.29) is 25.1 Å². The largest absolute Gasteiger partial charge is 0.445 e. The van der Waals surface area contributed by atoms with E-state index in [1.165, 1.54) is 0 Å². The van der Waals surface area contributed by atoms with Gasteiger partial charge in [-0.15, -0.1) is 0 Å². The molecule has 0 spiro atoms. The molecule has 9 nitrogen and oxygen atoms in total. The molecular formula is C28H36N4O5. The number of alkyl carbamates (subject to hydrolysis) is 2. The lowest BCUT2D eigenvalue weighted by Crippen LogP contribution is -2.48. The van der Waals surface area contributed by atoms with Crippen molar-refractivity contribution in [2.75, 3.05) is 18.4 Å². The van der Waals surface area contributed by atoms with Crippen molar-refractivity contribution in [1.82, 2.24) is 16.0 Å². The Labute approximate surface area is 218 Å². The molecule has 0 saturated carbocycles. The maximum Gasteiger partial charge on any atom is 0.407 e. The van der Waals surface area contributed by atoms with Crippen molar-refractivity contribution in [2.45, 2.75) is 57.9 Å². The summed E-state index contributed by atoms with van der Waals surface area (Å²) in [4.78, 5) is 37.6. The number of carbonyl (C=O) groups excluding carboxylic acids is 3. The zero-order valence-corrected chi connectivity index (χ0v) is 21.6. The van der Waals surface area contributed by atoms with Gasteiger partial charge in [0.2, 0.25) is 5.91 Å². The second-order valence-electron chi connectivity index (χ2n) is 9.75. The summed E-state index contributed by atoms with van der Waals surface area (Å²) in [5, 5.41) is 11.7. The number of nitrogens with one attached hydrogen (secondary N) is 4. The average molecular weight is 509 g/mol. The molecule has 0 aromatic heterocycles. The molecule has 4 N–H and O–H groups in total. The monoisotopic (exact) mass is 508 g/mol. The van der Waals surface area contributed by atoms with E-state index in [0.717, 1.165) is 11.1 Å². The van der Waals surface area contributed by atoms with Crippen LogP contribution in [-0.4, -0.2) is 42.8 Å². The second kappa shape index (κ2) is 13.3. The highest BCUT2D eigenvalue weighted by Gasteiger charge is 2.23. The van der Waals surface area contributed by atoms with Crippen molar-refractivity contribution in [3.63, 3.8) is 0 Å². The van der Waals surface area contributed by atoms with E-state index in [4.69, 9.17) is 9.47 Å². The fourth-order valence-electron chi connectivity index (χ4n) is 3.69. The summed E-state index contributed by atoms with van der Waals surface area (Å²) in [6, 6.07) is 15.9. The van der Waals surface area contributed by atoms with Crippen LogP contribution in [0.5, 0.6) is 0 Å². The molecule has 198 valence electrons. The molecule has 1 aliphatic heterocycles. The molecule has 0 aliphatic carbocycles. The van der Waals surface area contributed by atoms with Crippen LogP contribution in [0.3, 0.4) is 0 Å². The fourth-order valence-corrected chi connectivity index (χ4v) is 3.69. The van der Waals surface area contributed by atoms with Crippen molar-refractivity contribution in [2.24, 2.45) is 0 Å². The van der Waals surface area contributed by atoms with Gasteiger partial charge < -0.3 is 30.7 Å². The molecule has 2 bridgehead atoms. The van der Waals surface area contributed by atoms with E-state index < -0.39 is 23.8 Å². The number of carbonyl (C=O) groups is 3. The summed E-state index contributed by atoms with van der Waals surface area (Å²) in [5.74, 6) is -0.242. The van der Waals surface area contributed by atoms with E-state index in [9.17, 15) is 14.4 Å². The molecule has 9 heteroatoms. The van der Waals surface area contributed by atoms with Gasteiger partial charge in [-0.2, -0.15) is 0 Å². The van der Waals surface area contributed by atoms with Crippen LogP contribution in [0.25, 0.3) is 0 Å². The number of fused-ring (bicyclic) bond motifs is 2. The van der Waals surface area contributed by atoms with Gasteiger partial charge in [0, 0.05) is 12.2 Å². The highest BCUT2D eigenvalue weighted by Crippen LogP contribution is 2.22. The Morgan fingerprint density at radius 1 is 1.03 bits per heavy atom. The molecule has 3 rings (SSSR count). The first kappa shape index (κ1) is 27.6. The Balaban J connectivity index is 1.71. The van der Waals surface area contributed by atoms with Crippen LogP contribution in [0.15, 0.2) is 66.7 Å². The summed E-state index contributed by atoms with van der Waals surface area (Å²) < 4.78 is 10.7. The third-order valence-corrected chi connectivity index (χ3v) is 5.45. The summed E-state index contributed by atoms with van der Waals surface area (Å²) in [7, 11) is 0. The van der Waals surface area contributed by atoms with Gasteiger partial charge in [0.15, 0.2) is 0 Å². The molecule has 0 radical (unpaired) electrons. The molecular weight excluding hydrogens is 472 g/mol. The molecule has 2 atom stereocenters. The lowest BCUT2D eigenvalue weighted by atomic mass is 10.0. The summed E-state index contributed by atoms with van der Waals surface area (Å²) in [6.07, 6.45) is 4.02. The fraction of sp³-hybridized carbons (Fsp3) is 0.393. The van der Waals surface area contributed by atoms with E-state index >= 15 is 0 Å². The summed E-state index contributed by atoms with van der Waals surface area (Å²) >= 11 is 0. The zero-order valence-electron chi connectivity index (χ0n) is 21.6. The number of hydrogen-bond donors (Lipinski definition) is 4. The van der Waals surface area contributed by atoms with Gasteiger partial charge >= 0.3 is 12.2 Å². The van der Waals surface area contributed by atoms with Crippen LogP contribution < -0.4 is 21.3 Å². The number of amides is 3. The smallest absolute Gasteiger partial charge is 0.407 e. The third-order valence-electron chi connectivity index (χ3n) is 5.45. The molecule has 1 aliphatic rings. The van der Waals surface area contributed by atoms with Crippen LogP contribution in [-0.2, 0) is 20.9 Å². The zero-order chi connectivity index (χ0) is 26.7. The minimum Gasteiger partial charge on any atom is -0.445 e. The number of rotatable bonds is 5. The van der Waals surface area contributed by atoms with Crippen LogP contribution in [0, 0.1) is 0 Å². The topological polar surface area (TPSA) is 118 Å². The first-order valence-electron chi connectivity index (χ1n) is 12.4. The van der Waals surface area contributed by atoms with Gasteiger partial charge in [-0.25, -0.2) is 9.59 Å². The highest BCUT2D eigenvalue weighted by molar-refractivity contribution is 5.85. The number of ether oxygens (including phenoxy) is 2. The van der Waals surface area contributed by atoms with Crippen molar-refractivity contribution < 1.29 is 23.9 Å². The minimum atomic E-state index is -0.727. The molecule has 2 aromatic carbocycles. The average Bonchev–Trinajstić information content (AvgIpc) is 2.86.